The molecule has 0 aliphatic carbocycles. The van der Waals surface area contributed by atoms with Crippen LogP contribution in [-0.2, 0) is 9.59 Å². The minimum Gasteiger partial charge on any atom is -0.277 e. The molecule has 16 heavy (non-hydrogen) atoms. The van der Waals surface area contributed by atoms with E-state index < -0.39 is 23.8 Å². The number of hydrogen-bond acceptors (Lipinski definition) is 5. The summed E-state index contributed by atoms with van der Waals surface area (Å²) in [4.78, 5) is 42.7. The van der Waals surface area contributed by atoms with Gasteiger partial charge in [-0.15, -0.1) is 0 Å². The minimum absolute atomic E-state index is 0.240. The van der Waals surface area contributed by atoms with Gasteiger partial charge in [0.2, 0.25) is 11.8 Å². The summed E-state index contributed by atoms with van der Waals surface area (Å²) >= 11 is 0. The monoisotopic (exact) mass is 220 g/mol. The standard InChI is InChI=1S/C9H8N4O3/c1-5-7(14)12-9(16)13(8(5)15)6-2-10-4-11-3-6/h2-5H,1H3,(H,12,14,16). The molecular weight excluding hydrogens is 212 g/mol. The van der Waals surface area contributed by atoms with Crippen LogP contribution in [0.25, 0.3) is 0 Å². The molecule has 1 fully saturated rings. The Morgan fingerprint density at radius 1 is 1.25 bits per heavy atom. The second-order valence-corrected chi connectivity index (χ2v) is 3.29. The third-order valence-corrected chi connectivity index (χ3v) is 2.22. The van der Waals surface area contributed by atoms with E-state index in [1.807, 2.05) is 0 Å². The Balaban J connectivity index is 2.38. The topological polar surface area (TPSA) is 92.3 Å². The maximum absolute atomic E-state index is 11.7. The number of anilines is 1. The van der Waals surface area contributed by atoms with Gasteiger partial charge in [0.05, 0.1) is 18.1 Å². The highest BCUT2D eigenvalue weighted by atomic mass is 16.2. The first-order valence-electron chi connectivity index (χ1n) is 4.55. The zero-order valence-electron chi connectivity index (χ0n) is 8.38. The lowest BCUT2D eigenvalue weighted by Crippen LogP contribution is -2.57. The second-order valence-electron chi connectivity index (χ2n) is 3.29. The van der Waals surface area contributed by atoms with E-state index in [9.17, 15) is 14.4 Å². The van der Waals surface area contributed by atoms with Crippen LogP contribution in [0.15, 0.2) is 18.7 Å². The molecule has 1 aromatic heterocycles. The number of carbonyl (C=O) groups excluding carboxylic acids is 3. The van der Waals surface area contributed by atoms with Crippen LogP contribution in [0, 0.1) is 5.92 Å². The smallest absolute Gasteiger partial charge is 0.277 e. The highest BCUT2D eigenvalue weighted by Gasteiger charge is 2.38. The highest BCUT2D eigenvalue weighted by molar-refractivity contribution is 6.27. The number of aromatic nitrogens is 2. The van der Waals surface area contributed by atoms with Crippen molar-refractivity contribution in [3.63, 3.8) is 0 Å². The van der Waals surface area contributed by atoms with Crippen molar-refractivity contribution in [1.82, 2.24) is 15.3 Å². The van der Waals surface area contributed by atoms with Crippen molar-refractivity contribution in [2.75, 3.05) is 4.90 Å². The van der Waals surface area contributed by atoms with Crippen LogP contribution in [0.5, 0.6) is 0 Å². The Hall–Kier alpha value is -2.31. The van der Waals surface area contributed by atoms with E-state index in [0.717, 1.165) is 4.90 Å². The van der Waals surface area contributed by atoms with Gasteiger partial charge in [-0.25, -0.2) is 19.7 Å². The summed E-state index contributed by atoms with van der Waals surface area (Å²) in [6.45, 7) is 1.43. The Morgan fingerprint density at radius 3 is 2.50 bits per heavy atom. The molecule has 7 nitrogen and oxygen atoms in total. The van der Waals surface area contributed by atoms with Gasteiger partial charge in [0.1, 0.15) is 12.2 Å². The van der Waals surface area contributed by atoms with Gasteiger partial charge in [0.25, 0.3) is 0 Å². The summed E-state index contributed by atoms with van der Waals surface area (Å²) in [6.07, 6.45) is 3.93. The predicted molar refractivity (Wildman–Crippen MR) is 52.2 cm³/mol. The number of hydrogen-bond donors (Lipinski definition) is 1. The number of imide groups is 2. The zero-order valence-corrected chi connectivity index (χ0v) is 8.38. The normalized spacial score (nSPS) is 20.9. The molecule has 1 atom stereocenters. The maximum atomic E-state index is 11.7. The number of nitrogens with zero attached hydrogens (tertiary/aromatic N) is 3. The first kappa shape index (κ1) is 10.2. The molecule has 0 spiro atoms. The van der Waals surface area contributed by atoms with Gasteiger partial charge in [-0.05, 0) is 6.92 Å². The minimum atomic E-state index is -0.891. The largest absolute Gasteiger partial charge is 0.335 e. The number of carbonyl (C=O) groups is 3. The van der Waals surface area contributed by atoms with Crippen molar-refractivity contribution in [1.29, 1.82) is 0 Å². The van der Waals surface area contributed by atoms with E-state index in [2.05, 4.69) is 15.3 Å². The third kappa shape index (κ3) is 1.52. The summed E-state index contributed by atoms with van der Waals surface area (Å²) in [5, 5.41) is 2.08. The Kier molecular flexibility index (Phi) is 2.35. The second kappa shape index (κ2) is 3.69. The van der Waals surface area contributed by atoms with Gasteiger partial charge in [0.15, 0.2) is 0 Å². The van der Waals surface area contributed by atoms with Crippen molar-refractivity contribution in [2.24, 2.45) is 5.92 Å². The molecule has 0 aromatic carbocycles. The summed E-state index contributed by atoms with van der Waals surface area (Å²) in [6, 6.07) is -0.775. The lowest BCUT2D eigenvalue weighted by molar-refractivity contribution is -0.133. The molecule has 1 aliphatic heterocycles. The number of nitrogens with one attached hydrogen (secondary N) is 1. The van der Waals surface area contributed by atoms with Crippen LogP contribution < -0.4 is 10.2 Å². The number of barbiturate groups is 1. The molecule has 1 N–H and O–H groups in total. The molecule has 0 saturated carbocycles. The summed E-state index contributed by atoms with van der Waals surface area (Å²) < 4.78 is 0. The Labute approximate surface area is 90.5 Å². The zero-order chi connectivity index (χ0) is 11.7. The van der Waals surface area contributed by atoms with Crippen molar-refractivity contribution < 1.29 is 14.4 Å². The van der Waals surface area contributed by atoms with Gasteiger partial charge >= 0.3 is 6.03 Å². The van der Waals surface area contributed by atoms with Crippen LogP contribution in [0.3, 0.4) is 0 Å². The molecule has 2 rings (SSSR count). The van der Waals surface area contributed by atoms with Crippen molar-refractivity contribution in [2.45, 2.75) is 6.92 Å². The van der Waals surface area contributed by atoms with Crippen LogP contribution in [0.4, 0.5) is 10.5 Å². The fourth-order valence-corrected chi connectivity index (χ4v) is 1.33. The van der Waals surface area contributed by atoms with Gasteiger partial charge in [-0.2, -0.15) is 0 Å². The van der Waals surface area contributed by atoms with Gasteiger partial charge in [0, 0.05) is 0 Å². The number of amides is 4. The van der Waals surface area contributed by atoms with Crippen LogP contribution in [-0.4, -0.2) is 27.8 Å². The predicted octanol–water partition coefficient (Wildman–Crippen LogP) is -0.304. The highest BCUT2D eigenvalue weighted by Crippen LogP contribution is 2.17. The molecule has 4 amide bonds. The average Bonchev–Trinajstić information content (AvgIpc) is 2.28. The molecule has 0 bridgehead atoms. The van der Waals surface area contributed by atoms with Gasteiger partial charge < -0.3 is 0 Å². The van der Waals surface area contributed by atoms with Gasteiger partial charge in [-0.1, -0.05) is 0 Å². The molecule has 1 unspecified atom stereocenters. The van der Waals surface area contributed by atoms with E-state index >= 15 is 0 Å². The summed E-state index contributed by atoms with van der Waals surface area (Å²) in [5.41, 5.74) is 0.240. The molecule has 1 saturated heterocycles. The fourth-order valence-electron chi connectivity index (χ4n) is 1.33. The van der Waals surface area contributed by atoms with E-state index in [0.29, 0.717) is 0 Å². The summed E-state index contributed by atoms with van der Waals surface area (Å²) in [7, 11) is 0. The Morgan fingerprint density at radius 2 is 1.88 bits per heavy atom. The molecule has 0 radical (unpaired) electrons. The van der Waals surface area contributed by atoms with E-state index in [-0.39, 0.29) is 5.69 Å². The third-order valence-electron chi connectivity index (χ3n) is 2.22. The maximum Gasteiger partial charge on any atom is 0.335 e. The van der Waals surface area contributed by atoms with Crippen molar-refractivity contribution >= 4 is 23.5 Å². The fraction of sp³-hybridized carbons (Fsp3) is 0.222. The average molecular weight is 220 g/mol. The molecule has 82 valence electrons. The van der Waals surface area contributed by atoms with Gasteiger partial charge in [-0.3, -0.25) is 14.9 Å². The first-order chi connectivity index (χ1) is 7.61. The van der Waals surface area contributed by atoms with Crippen molar-refractivity contribution in [3.8, 4) is 0 Å². The van der Waals surface area contributed by atoms with Crippen LogP contribution in [0.2, 0.25) is 0 Å². The quantitative estimate of drug-likeness (QED) is 0.655. The van der Waals surface area contributed by atoms with E-state index in [1.165, 1.54) is 25.6 Å². The van der Waals surface area contributed by atoms with E-state index in [1.54, 1.807) is 0 Å². The lowest BCUT2D eigenvalue weighted by Gasteiger charge is -2.27. The SMILES string of the molecule is CC1C(=O)NC(=O)N(c2cncnc2)C1=O. The van der Waals surface area contributed by atoms with Crippen molar-refractivity contribution in [3.05, 3.63) is 18.7 Å². The number of urea groups is 1. The molecule has 1 aromatic rings. The van der Waals surface area contributed by atoms with Crippen LogP contribution >= 0.6 is 0 Å². The van der Waals surface area contributed by atoms with E-state index in [4.69, 9.17) is 0 Å². The molecule has 2 heterocycles. The molecule has 1 aliphatic rings. The number of rotatable bonds is 1. The Bertz CT molecular complexity index is 459. The molecular formula is C9H8N4O3. The summed E-state index contributed by atoms with van der Waals surface area (Å²) in [5.74, 6) is -2.07. The first-order valence-corrected chi connectivity index (χ1v) is 4.55. The lowest BCUT2D eigenvalue weighted by atomic mass is 10.1. The van der Waals surface area contributed by atoms with Crippen LogP contribution in [0.1, 0.15) is 6.92 Å². The molecule has 7 heteroatoms.